The van der Waals surface area contributed by atoms with Crippen molar-refractivity contribution in [3.05, 3.63) is 101 Å². The van der Waals surface area contributed by atoms with Gasteiger partial charge in [-0.1, -0.05) is 48.5 Å². The molecule has 3 aromatic rings. The topological polar surface area (TPSA) is 66.8 Å². The quantitative estimate of drug-likeness (QED) is 0.341. The molecule has 1 atom stereocenters. The Morgan fingerprint density at radius 1 is 0.969 bits per heavy atom. The summed E-state index contributed by atoms with van der Waals surface area (Å²) in [6, 6.07) is 20.2. The molecule has 32 heavy (non-hydrogen) atoms. The van der Waals surface area contributed by atoms with E-state index in [1.807, 2.05) is 19.9 Å². The smallest absolute Gasteiger partial charge is 0.300 e. The molecule has 0 spiro atoms. The van der Waals surface area contributed by atoms with E-state index in [0.29, 0.717) is 16.9 Å². The van der Waals surface area contributed by atoms with Crippen molar-refractivity contribution in [2.45, 2.75) is 26.0 Å². The van der Waals surface area contributed by atoms with Gasteiger partial charge in [-0.3, -0.25) is 14.5 Å². The van der Waals surface area contributed by atoms with Crippen LogP contribution in [0.4, 0.5) is 10.1 Å². The van der Waals surface area contributed by atoms with E-state index < -0.39 is 23.5 Å². The van der Waals surface area contributed by atoms with Crippen LogP contribution in [0.2, 0.25) is 0 Å². The number of ketones is 1. The highest BCUT2D eigenvalue weighted by molar-refractivity contribution is 6.51. The van der Waals surface area contributed by atoms with Crippen LogP contribution in [0, 0.1) is 5.82 Å². The lowest BCUT2D eigenvalue weighted by Crippen LogP contribution is -2.29. The number of benzene rings is 3. The fourth-order valence-electron chi connectivity index (χ4n) is 3.82. The van der Waals surface area contributed by atoms with Crippen molar-refractivity contribution < 1.29 is 23.8 Å². The van der Waals surface area contributed by atoms with Gasteiger partial charge in [0.05, 0.1) is 17.7 Å². The molecule has 1 saturated heterocycles. The van der Waals surface area contributed by atoms with Gasteiger partial charge in [0.25, 0.3) is 11.7 Å². The molecule has 162 valence electrons. The fraction of sp³-hybridized carbons (Fsp3) is 0.154. The van der Waals surface area contributed by atoms with Crippen molar-refractivity contribution in [1.29, 1.82) is 0 Å². The van der Waals surface area contributed by atoms with E-state index in [2.05, 4.69) is 0 Å². The van der Waals surface area contributed by atoms with Crippen LogP contribution >= 0.6 is 0 Å². The van der Waals surface area contributed by atoms with Crippen molar-refractivity contribution in [3.8, 4) is 5.75 Å². The summed E-state index contributed by atoms with van der Waals surface area (Å²) in [7, 11) is 0. The standard InChI is InChI=1S/C26H22FNO4/c1-16(2)32-21-13-6-10-18(14-21)24(29)22-23(17-8-4-3-5-9-17)28(26(31)25(22)30)20-12-7-11-19(27)15-20/h3-16,23,29H,1-2H3/b24-22+. The molecule has 1 N–H and O–H groups in total. The molecule has 5 nitrogen and oxygen atoms in total. The first-order valence-corrected chi connectivity index (χ1v) is 10.3. The van der Waals surface area contributed by atoms with E-state index in [-0.39, 0.29) is 23.1 Å². The van der Waals surface area contributed by atoms with Crippen LogP contribution in [-0.4, -0.2) is 22.9 Å². The second-order valence-corrected chi connectivity index (χ2v) is 7.75. The number of hydrogen-bond acceptors (Lipinski definition) is 4. The minimum Gasteiger partial charge on any atom is -0.507 e. The molecule has 6 heteroatoms. The predicted molar refractivity (Wildman–Crippen MR) is 120 cm³/mol. The molecular weight excluding hydrogens is 409 g/mol. The van der Waals surface area contributed by atoms with Gasteiger partial charge in [-0.2, -0.15) is 0 Å². The number of ether oxygens (including phenoxy) is 1. The second kappa shape index (κ2) is 8.67. The average Bonchev–Trinajstić information content (AvgIpc) is 3.04. The second-order valence-electron chi connectivity index (χ2n) is 7.75. The van der Waals surface area contributed by atoms with Crippen molar-refractivity contribution in [3.63, 3.8) is 0 Å². The number of Topliss-reactive ketones (excluding diaryl/α,β-unsaturated/α-hetero) is 1. The summed E-state index contributed by atoms with van der Waals surface area (Å²) in [5.41, 5.74) is 1.14. The summed E-state index contributed by atoms with van der Waals surface area (Å²) in [5, 5.41) is 11.2. The summed E-state index contributed by atoms with van der Waals surface area (Å²) < 4.78 is 19.6. The molecule has 1 unspecified atom stereocenters. The zero-order valence-corrected chi connectivity index (χ0v) is 17.7. The molecular formula is C26H22FNO4. The molecule has 0 bridgehead atoms. The van der Waals surface area contributed by atoms with Crippen LogP contribution in [0.25, 0.3) is 5.76 Å². The van der Waals surface area contributed by atoms with Crippen molar-refractivity contribution in [1.82, 2.24) is 0 Å². The highest BCUT2D eigenvalue weighted by Gasteiger charge is 2.47. The molecule has 0 radical (unpaired) electrons. The van der Waals surface area contributed by atoms with E-state index in [1.165, 1.54) is 23.1 Å². The van der Waals surface area contributed by atoms with E-state index in [1.54, 1.807) is 54.6 Å². The first-order chi connectivity index (χ1) is 15.4. The highest BCUT2D eigenvalue weighted by atomic mass is 19.1. The first-order valence-electron chi connectivity index (χ1n) is 10.3. The van der Waals surface area contributed by atoms with Crippen LogP contribution < -0.4 is 9.64 Å². The van der Waals surface area contributed by atoms with Crippen LogP contribution in [0.3, 0.4) is 0 Å². The highest BCUT2D eigenvalue weighted by Crippen LogP contribution is 2.42. The number of nitrogens with zero attached hydrogens (tertiary/aromatic N) is 1. The van der Waals surface area contributed by atoms with Gasteiger partial charge >= 0.3 is 0 Å². The Balaban J connectivity index is 1.90. The van der Waals surface area contributed by atoms with Crippen LogP contribution in [0.5, 0.6) is 5.75 Å². The average molecular weight is 431 g/mol. The van der Waals surface area contributed by atoms with Crippen molar-refractivity contribution in [2.24, 2.45) is 0 Å². The summed E-state index contributed by atoms with van der Waals surface area (Å²) in [6.07, 6.45) is -0.0738. The summed E-state index contributed by atoms with van der Waals surface area (Å²) in [4.78, 5) is 27.4. The molecule has 0 aromatic heterocycles. The third-order valence-corrected chi connectivity index (χ3v) is 5.13. The minimum atomic E-state index is -0.910. The molecule has 1 amide bonds. The summed E-state index contributed by atoms with van der Waals surface area (Å²) in [5.74, 6) is -1.99. The Morgan fingerprint density at radius 3 is 2.38 bits per heavy atom. The number of aliphatic hydroxyl groups is 1. The largest absolute Gasteiger partial charge is 0.507 e. The summed E-state index contributed by atoms with van der Waals surface area (Å²) >= 11 is 0. The lowest BCUT2D eigenvalue weighted by atomic mass is 9.95. The third-order valence-electron chi connectivity index (χ3n) is 5.13. The number of rotatable bonds is 5. The van der Waals surface area contributed by atoms with E-state index in [0.717, 1.165) is 0 Å². The van der Waals surface area contributed by atoms with Crippen molar-refractivity contribution >= 4 is 23.1 Å². The molecule has 3 aromatic carbocycles. The Kier molecular flexibility index (Phi) is 5.77. The number of carbonyl (C=O) groups is 2. The molecule has 1 aliphatic rings. The van der Waals surface area contributed by atoms with Gasteiger partial charge in [0.2, 0.25) is 0 Å². The molecule has 4 rings (SSSR count). The lowest BCUT2D eigenvalue weighted by molar-refractivity contribution is -0.132. The molecule has 1 aliphatic heterocycles. The van der Waals surface area contributed by atoms with Crippen LogP contribution in [-0.2, 0) is 9.59 Å². The van der Waals surface area contributed by atoms with Gasteiger partial charge in [0.1, 0.15) is 17.3 Å². The minimum absolute atomic E-state index is 0.0628. The van der Waals surface area contributed by atoms with Gasteiger partial charge in [0.15, 0.2) is 0 Å². The van der Waals surface area contributed by atoms with Gasteiger partial charge in [-0.05, 0) is 49.7 Å². The number of amides is 1. The van der Waals surface area contributed by atoms with Gasteiger partial charge in [-0.25, -0.2) is 4.39 Å². The van der Waals surface area contributed by atoms with Gasteiger partial charge in [0, 0.05) is 11.3 Å². The zero-order chi connectivity index (χ0) is 22.8. The molecule has 1 heterocycles. The van der Waals surface area contributed by atoms with Gasteiger partial charge < -0.3 is 9.84 Å². The number of carbonyl (C=O) groups excluding carboxylic acids is 2. The maximum absolute atomic E-state index is 13.9. The first kappa shape index (κ1) is 21.3. The predicted octanol–water partition coefficient (Wildman–Crippen LogP) is 5.24. The molecule has 1 fully saturated rings. The lowest BCUT2D eigenvalue weighted by Gasteiger charge is -2.25. The Hall–Kier alpha value is -3.93. The van der Waals surface area contributed by atoms with Crippen LogP contribution in [0.15, 0.2) is 84.4 Å². The molecule has 0 saturated carbocycles. The maximum Gasteiger partial charge on any atom is 0.300 e. The fourth-order valence-corrected chi connectivity index (χ4v) is 3.82. The monoisotopic (exact) mass is 431 g/mol. The van der Waals surface area contributed by atoms with Gasteiger partial charge in [-0.15, -0.1) is 0 Å². The Labute approximate surface area is 185 Å². The zero-order valence-electron chi connectivity index (χ0n) is 17.7. The number of halogens is 1. The Bertz CT molecular complexity index is 1200. The number of anilines is 1. The van der Waals surface area contributed by atoms with Crippen molar-refractivity contribution in [2.75, 3.05) is 4.90 Å². The number of hydrogen-bond donors (Lipinski definition) is 1. The molecule has 0 aliphatic carbocycles. The Morgan fingerprint density at radius 2 is 1.69 bits per heavy atom. The van der Waals surface area contributed by atoms with E-state index >= 15 is 0 Å². The van der Waals surface area contributed by atoms with E-state index in [4.69, 9.17) is 4.74 Å². The van der Waals surface area contributed by atoms with E-state index in [9.17, 15) is 19.1 Å². The number of aliphatic hydroxyl groups excluding tert-OH is 1. The maximum atomic E-state index is 13.9. The third kappa shape index (κ3) is 3.99. The normalized spacial score (nSPS) is 17.8. The summed E-state index contributed by atoms with van der Waals surface area (Å²) in [6.45, 7) is 3.76. The van der Waals surface area contributed by atoms with Crippen LogP contribution in [0.1, 0.15) is 31.0 Å². The SMILES string of the molecule is CC(C)Oc1cccc(/C(O)=C2\C(=O)C(=O)N(c3cccc(F)c3)C2c2ccccc2)c1.